The molecule has 0 bridgehead atoms. The maximum absolute atomic E-state index is 11.5. The molecule has 0 unspecified atom stereocenters. The predicted molar refractivity (Wildman–Crippen MR) is 105 cm³/mol. The van der Waals surface area contributed by atoms with Gasteiger partial charge in [0, 0.05) is 22.9 Å². The second-order valence-corrected chi connectivity index (χ2v) is 6.46. The molecule has 27 heavy (non-hydrogen) atoms. The van der Waals surface area contributed by atoms with Crippen LogP contribution in [0.25, 0.3) is 22.2 Å². The van der Waals surface area contributed by atoms with E-state index in [0.29, 0.717) is 34.5 Å². The Morgan fingerprint density at radius 3 is 2.85 bits per heavy atom. The van der Waals surface area contributed by atoms with Crippen LogP contribution in [0.15, 0.2) is 42.5 Å². The second kappa shape index (κ2) is 6.77. The monoisotopic (exact) mass is 379 g/mol. The highest BCUT2D eigenvalue weighted by Gasteiger charge is 2.14. The van der Waals surface area contributed by atoms with Crippen molar-refractivity contribution in [2.75, 3.05) is 5.73 Å². The van der Waals surface area contributed by atoms with Gasteiger partial charge in [-0.1, -0.05) is 35.9 Å². The van der Waals surface area contributed by atoms with E-state index in [1.807, 2.05) is 36.8 Å². The van der Waals surface area contributed by atoms with E-state index in [9.17, 15) is 4.79 Å². The number of anilines is 1. The lowest BCUT2D eigenvalue weighted by Gasteiger charge is -2.04. The lowest BCUT2D eigenvalue weighted by molar-refractivity contribution is 0.0999. The van der Waals surface area contributed by atoms with Gasteiger partial charge in [-0.15, -0.1) is 0 Å². The number of nitrogens with two attached hydrogens (primary N) is 2. The summed E-state index contributed by atoms with van der Waals surface area (Å²) in [6, 6.07) is 12.9. The van der Waals surface area contributed by atoms with E-state index < -0.39 is 5.91 Å². The van der Waals surface area contributed by atoms with Gasteiger partial charge in [0.2, 0.25) is 5.91 Å². The van der Waals surface area contributed by atoms with Crippen LogP contribution < -0.4 is 11.5 Å². The molecule has 6 N–H and O–H groups in total. The fourth-order valence-electron chi connectivity index (χ4n) is 2.99. The molecular formula is C19H16ClN6O. The Morgan fingerprint density at radius 1 is 1.22 bits per heavy atom. The molecule has 0 spiro atoms. The van der Waals surface area contributed by atoms with Gasteiger partial charge < -0.3 is 16.5 Å². The van der Waals surface area contributed by atoms with Gasteiger partial charge in [-0.3, -0.25) is 9.89 Å². The number of benzene rings is 2. The van der Waals surface area contributed by atoms with Gasteiger partial charge in [-0.2, -0.15) is 5.10 Å². The van der Waals surface area contributed by atoms with Crippen LogP contribution in [0.1, 0.15) is 21.7 Å². The molecule has 2 aromatic heterocycles. The van der Waals surface area contributed by atoms with Crippen LogP contribution in [-0.2, 0) is 6.42 Å². The number of carbonyl (C=O) groups excluding carboxylic acids is 1. The van der Waals surface area contributed by atoms with Crippen molar-refractivity contribution in [2.45, 2.75) is 6.42 Å². The number of primary amides is 1. The minimum atomic E-state index is -0.454. The summed E-state index contributed by atoms with van der Waals surface area (Å²) in [5.41, 5.74) is 14.8. The summed E-state index contributed by atoms with van der Waals surface area (Å²) in [5, 5.41) is 8.15. The average molecular weight is 380 g/mol. The molecule has 0 fully saturated rings. The molecule has 0 atom stereocenters. The number of H-pyrrole nitrogens is 2. The second-order valence-electron chi connectivity index (χ2n) is 6.08. The first-order valence-electron chi connectivity index (χ1n) is 8.23. The molecule has 0 saturated heterocycles. The molecule has 0 aliphatic carbocycles. The molecule has 1 amide bonds. The number of halogens is 1. The molecule has 8 heteroatoms. The normalized spacial score (nSPS) is 11.1. The first-order valence-corrected chi connectivity index (χ1v) is 8.61. The van der Waals surface area contributed by atoms with E-state index in [1.165, 1.54) is 0 Å². The lowest BCUT2D eigenvalue weighted by Crippen LogP contribution is -2.13. The quantitative estimate of drug-likeness (QED) is 0.425. The topological polar surface area (TPSA) is 126 Å². The molecule has 2 aromatic carbocycles. The lowest BCUT2D eigenvalue weighted by atomic mass is 10.0. The Labute approximate surface area is 159 Å². The SMILES string of the molecule is NC(=O)c1ccccc1C[CH]c1nc(-c2ccc3c(N)n[nH]c3c2)c(Cl)[nH]1. The van der Waals surface area contributed by atoms with E-state index in [-0.39, 0.29) is 0 Å². The number of fused-ring (bicyclic) bond motifs is 1. The van der Waals surface area contributed by atoms with Crippen molar-refractivity contribution in [3.8, 4) is 11.3 Å². The third-order valence-corrected chi connectivity index (χ3v) is 4.62. The predicted octanol–water partition coefficient (Wildman–Crippen LogP) is 3.08. The molecule has 2 heterocycles. The molecule has 4 aromatic rings. The van der Waals surface area contributed by atoms with Crippen LogP contribution in [-0.4, -0.2) is 26.1 Å². The van der Waals surface area contributed by atoms with Crippen molar-refractivity contribution in [1.82, 2.24) is 20.2 Å². The van der Waals surface area contributed by atoms with E-state index >= 15 is 0 Å². The summed E-state index contributed by atoms with van der Waals surface area (Å²) < 4.78 is 0. The third kappa shape index (κ3) is 3.24. The molecule has 0 aliphatic heterocycles. The zero-order valence-corrected chi connectivity index (χ0v) is 14.9. The molecule has 4 rings (SSSR count). The summed E-state index contributed by atoms with van der Waals surface area (Å²) in [4.78, 5) is 19.1. The van der Waals surface area contributed by atoms with Crippen molar-refractivity contribution in [3.05, 3.63) is 71.0 Å². The smallest absolute Gasteiger partial charge is 0.248 e. The van der Waals surface area contributed by atoms with Crippen LogP contribution >= 0.6 is 11.6 Å². The number of hydrogen-bond acceptors (Lipinski definition) is 4. The van der Waals surface area contributed by atoms with Crippen LogP contribution in [0.3, 0.4) is 0 Å². The number of nitrogen functional groups attached to an aromatic ring is 1. The number of nitrogens with zero attached hydrogens (tertiary/aromatic N) is 2. The van der Waals surface area contributed by atoms with E-state index in [1.54, 1.807) is 12.1 Å². The number of carbonyl (C=O) groups is 1. The summed E-state index contributed by atoms with van der Waals surface area (Å²) in [6.07, 6.45) is 2.36. The fraction of sp³-hybridized carbons (Fsp3) is 0.0526. The Hall–Kier alpha value is -3.32. The summed E-state index contributed by atoms with van der Waals surface area (Å²) in [7, 11) is 0. The van der Waals surface area contributed by atoms with Crippen LogP contribution in [0.4, 0.5) is 5.82 Å². The zero-order chi connectivity index (χ0) is 19.0. The van der Waals surface area contributed by atoms with Gasteiger partial charge in [0.1, 0.15) is 16.7 Å². The number of nitrogens with one attached hydrogen (secondary N) is 2. The molecule has 1 radical (unpaired) electrons. The fourth-order valence-corrected chi connectivity index (χ4v) is 3.24. The van der Waals surface area contributed by atoms with Crippen molar-refractivity contribution in [1.29, 1.82) is 0 Å². The zero-order valence-electron chi connectivity index (χ0n) is 14.2. The van der Waals surface area contributed by atoms with E-state index in [0.717, 1.165) is 22.0 Å². The first-order chi connectivity index (χ1) is 13.0. The highest BCUT2D eigenvalue weighted by Crippen LogP contribution is 2.29. The molecular weight excluding hydrogens is 364 g/mol. The Balaban J connectivity index is 1.59. The van der Waals surface area contributed by atoms with E-state index in [4.69, 9.17) is 23.1 Å². The van der Waals surface area contributed by atoms with Gasteiger partial charge in [0.05, 0.1) is 5.52 Å². The van der Waals surface area contributed by atoms with Gasteiger partial charge in [0.25, 0.3) is 0 Å². The van der Waals surface area contributed by atoms with Crippen LogP contribution in [0.2, 0.25) is 5.15 Å². The molecule has 0 aliphatic rings. The first kappa shape index (κ1) is 17.1. The minimum absolute atomic E-state index is 0.427. The highest BCUT2D eigenvalue weighted by molar-refractivity contribution is 6.32. The number of aromatic nitrogens is 4. The summed E-state index contributed by atoms with van der Waals surface area (Å²) >= 11 is 6.34. The maximum Gasteiger partial charge on any atom is 0.248 e. The number of amides is 1. The Morgan fingerprint density at radius 2 is 2.04 bits per heavy atom. The molecule has 0 saturated carbocycles. The summed E-state index contributed by atoms with van der Waals surface area (Å²) in [6.45, 7) is 0. The van der Waals surface area contributed by atoms with Gasteiger partial charge >= 0.3 is 0 Å². The third-order valence-electron chi connectivity index (χ3n) is 4.34. The average Bonchev–Trinajstić information content (AvgIpc) is 3.22. The van der Waals surface area contributed by atoms with Gasteiger partial charge in [0.15, 0.2) is 5.82 Å². The van der Waals surface area contributed by atoms with Crippen LogP contribution in [0.5, 0.6) is 0 Å². The highest BCUT2D eigenvalue weighted by atomic mass is 35.5. The largest absolute Gasteiger partial charge is 0.382 e. The minimum Gasteiger partial charge on any atom is -0.382 e. The number of aromatic amines is 2. The number of rotatable bonds is 5. The van der Waals surface area contributed by atoms with Crippen molar-refractivity contribution in [2.24, 2.45) is 5.73 Å². The molecule has 7 nitrogen and oxygen atoms in total. The van der Waals surface area contributed by atoms with Crippen molar-refractivity contribution < 1.29 is 4.79 Å². The van der Waals surface area contributed by atoms with Crippen molar-refractivity contribution in [3.63, 3.8) is 0 Å². The summed E-state index contributed by atoms with van der Waals surface area (Å²) in [5.74, 6) is 0.606. The number of hydrogen-bond donors (Lipinski definition) is 4. The van der Waals surface area contributed by atoms with Crippen LogP contribution in [0, 0.1) is 6.42 Å². The van der Waals surface area contributed by atoms with Crippen molar-refractivity contribution >= 4 is 34.2 Å². The van der Waals surface area contributed by atoms with Gasteiger partial charge in [-0.05, 0) is 30.2 Å². The molecule has 135 valence electrons. The Kier molecular flexibility index (Phi) is 4.29. The maximum atomic E-state index is 11.5. The van der Waals surface area contributed by atoms with E-state index in [2.05, 4.69) is 20.2 Å². The number of imidazole rings is 1. The Bertz CT molecular complexity index is 1150. The standard InChI is InChI=1S/C19H16ClN6O/c20-17-16(11-5-7-13-14(9-11)25-26-18(13)21)23-15(24-17)8-6-10-3-1-2-4-12(10)19(22)27/h1-5,7-9H,6H2,(H2,22,27)(H,23,24)(H3,21,25,26). The van der Waals surface area contributed by atoms with Gasteiger partial charge in [-0.25, -0.2) is 4.98 Å².